The van der Waals surface area contributed by atoms with Gasteiger partial charge in [-0.1, -0.05) is 19.1 Å². The molecule has 7 heteroatoms. The summed E-state index contributed by atoms with van der Waals surface area (Å²) in [4.78, 5) is 29.2. The predicted molar refractivity (Wildman–Crippen MR) is 116 cm³/mol. The average molecular weight is 426 g/mol. The number of benzene rings is 2. The van der Waals surface area contributed by atoms with E-state index in [0.717, 1.165) is 6.42 Å². The molecule has 1 aliphatic heterocycles. The molecule has 0 aliphatic carbocycles. The molecule has 2 aromatic rings. The lowest BCUT2D eigenvalue weighted by molar-refractivity contribution is -0.140. The molecule has 0 aromatic heterocycles. The third-order valence-corrected chi connectivity index (χ3v) is 5.09. The topological polar surface area (TPSA) is 70.1 Å². The fourth-order valence-electron chi connectivity index (χ4n) is 3.52. The van der Waals surface area contributed by atoms with Gasteiger partial charge in [0.05, 0.1) is 18.2 Å². The number of Topliss-reactive ketones (excluding diaryl/α,β-unsaturated/α-hetero) is 1. The van der Waals surface area contributed by atoms with Gasteiger partial charge in [0.25, 0.3) is 11.7 Å². The molecule has 3 rings (SSSR count). The Morgan fingerprint density at radius 3 is 2.52 bits per heavy atom. The Bertz CT molecular complexity index is 985. The number of ether oxygens (including phenoxy) is 1. The van der Waals surface area contributed by atoms with Crippen LogP contribution in [0.25, 0.3) is 5.76 Å². The first kappa shape index (κ1) is 22.5. The van der Waals surface area contributed by atoms with Crippen LogP contribution in [-0.2, 0) is 9.59 Å². The van der Waals surface area contributed by atoms with Crippen molar-refractivity contribution in [2.45, 2.75) is 19.4 Å². The number of likely N-dealkylation sites (tertiary alicyclic amines) is 1. The molecule has 0 unspecified atom stereocenters. The van der Waals surface area contributed by atoms with Crippen molar-refractivity contribution in [2.75, 3.05) is 33.8 Å². The summed E-state index contributed by atoms with van der Waals surface area (Å²) in [5.41, 5.74) is 0.925. The molecule has 2 aromatic carbocycles. The summed E-state index contributed by atoms with van der Waals surface area (Å²) in [6, 6.07) is 11.6. The molecule has 1 fully saturated rings. The van der Waals surface area contributed by atoms with E-state index in [4.69, 9.17) is 4.74 Å². The second-order valence-corrected chi connectivity index (χ2v) is 7.72. The number of hydrogen-bond acceptors (Lipinski definition) is 5. The zero-order valence-electron chi connectivity index (χ0n) is 18.0. The second-order valence-electron chi connectivity index (χ2n) is 7.72. The highest BCUT2D eigenvalue weighted by atomic mass is 19.1. The quantitative estimate of drug-likeness (QED) is 0.397. The summed E-state index contributed by atoms with van der Waals surface area (Å²) in [5, 5.41) is 11.0. The molecule has 6 nitrogen and oxygen atoms in total. The Balaban J connectivity index is 2.11. The zero-order valence-corrected chi connectivity index (χ0v) is 18.0. The van der Waals surface area contributed by atoms with Crippen LogP contribution in [0, 0.1) is 5.82 Å². The van der Waals surface area contributed by atoms with Crippen molar-refractivity contribution < 1.29 is 23.8 Å². The van der Waals surface area contributed by atoms with Crippen LogP contribution in [0.15, 0.2) is 54.1 Å². The van der Waals surface area contributed by atoms with Gasteiger partial charge in [0.15, 0.2) is 0 Å². The molecule has 1 atom stereocenters. The summed E-state index contributed by atoms with van der Waals surface area (Å²) in [6.45, 7) is 3.40. The highest BCUT2D eigenvalue weighted by molar-refractivity contribution is 6.46. The molecule has 1 heterocycles. The van der Waals surface area contributed by atoms with Crippen LogP contribution in [0.5, 0.6) is 5.75 Å². The molecule has 0 radical (unpaired) electrons. The maximum absolute atomic E-state index is 13.3. The molecule has 1 N–H and O–H groups in total. The SMILES string of the molecule is CCCOc1cccc([C@H]2/C(=C(\O)c3ccc(F)cc3)C(=O)C(=O)N2CCN(C)C)c1. The number of likely N-dealkylation sites (N-methyl/N-ethyl adjacent to an activating group) is 1. The van der Waals surface area contributed by atoms with Crippen LogP contribution in [0.1, 0.15) is 30.5 Å². The highest BCUT2D eigenvalue weighted by Crippen LogP contribution is 2.40. The van der Waals surface area contributed by atoms with Crippen molar-refractivity contribution in [3.8, 4) is 5.75 Å². The van der Waals surface area contributed by atoms with E-state index in [1.807, 2.05) is 32.0 Å². The van der Waals surface area contributed by atoms with Gasteiger partial charge in [-0.15, -0.1) is 0 Å². The third kappa shape index (κ3) is 4.94. The summed E-state index contributed by atoms with van der Waals surface area (Å²) < 4.78 is 19.1. The van der Waals surface area contributed by atoms with Gasteiger partial charge >= 0.3 is 0 Å². The second kappa shape index (κ2) is 9.75. The maximum Gasteiger partial charge on any atom is 0.295 e. The zero-order chi connectivity index (χ0) is 22.5. The molecule has 1 amide bonds. The summed E-state index contributed by atoms with van der Waals surface area (Å²) >= 11 is 0. The minimum absolute atomic E-state index is 0.0111. The number of hydrogen-bond donors (Lipinski definition) is 1. The number of ketones is 1. The summed E-state index contributed by atoms with van der Waals surface area (Å²) in [7, 11) is 3.76. The van der Waals surface area contributed by atoms with Crippen LogP contribution in [0.4, 0.5) is 4.39 Å². The Morgan fingerprint density at radius 1 is 1.16 bits per heavy atom. The molecular weight excluding hydrogens is 399 g/mol. The molecule has 31 heavy (non-hydrogen) atoms. The molecule has 0 saturated carbocycles. The number of carbonyl (C=O) groups excluding carboxylic acids is 2. The first-order valence-electron chi connectivity index (χ1n) is 10.2. The minimum atomic E-state index is -0.768. The third-order valence-electron chi connectivity index (χ3n) is 5.09. The van der Waals surface area contributed by atoms with Crippen LogP contribution >= 0.6 is 0 Å². The van der Waals surface area contributed by atoms with E-state index in [2.05, 4.69) is 0 Å². The van der Waals surface area contributed by atoms with E-state index < -0.39 is 23.5 Å². The first-order valence-corrected chi connectivity index (χ1v) is 10.2. The standard InChI is InChI=1S/C24H27FN2O4/c1-4-14-31-19-7-5-6-17(15-19)21-20(22(28)16-8-10-18(25)11-9-16)23(29)24(30)27(21)13-12-26(2)3/h5-11,15,21,28H,4,12-14H2,1-3H3/b22-20+/t21-/m0/s1. The number of rotatable bonds is 8. The number of aliphatic hydroxyl groups excluding tert-OH is 1. The van der Waals surface area contributed by atoms with E-state index in [1.165, 1.54) is 29.2 Å². The van der Waals surface area contributed by atoms with Gasteiger partial charge in [-0.25, -0.2) is 4.39 Å². The lowest BCUT2D eigenvalue weighted by Crippen LogP contribution is -2.35. The average Bonchev–Trinajstić information content (AvgIpc) is 3.01. The van der Waals surface area contributed by atoms with Gasteiger partial charge < -0.3 is 19.6 Å². The van der Waals surface area contributed by atoms with Crippen molar-refractivity contribution >= 4 is 17.4 Å². The Labute approximate surface area is 181 Å². The smallest absolute Gasteiger partial charge is 0.295 e. The fourth-order valence-corrected chi connectivity index (χ4v) is 3.52. The van der Waals surface area contributed by atoms with Gasteiger partial charge in [-0.3, -0.25) is 9.59 Å². The normalized spacial score (nSPS) is 18.1. The molecule has 1 aliphatic rings. The van der Waals surface area contributed by atoms with Crippen LogP contribution < -0.4 is 4.74 Å². The van der Waals surface area contributed by atoms with E-state index in [0.29, 0.717) is 31.0 Å². The number of amides is 1. The minimum Gasteiger partial charge on any atom is -0.507 e. The molecule has 164 valence electrons. The Hall–Kier alpha value is -3.19. The van der Waals surface area contributed by atoms with E-state index in [9.17, 15) is 19.1 Å². The van der Waals surface area contributed by atoms with Crippen molar-refractivity contribution in [1.82, 2.24) is 9.80 Å². The molecule has 0 spiro atoms. The lowest BCUT2D eigenvalue weighted by atomic mass is 9.95. The number of aliphatic hydroxyl groups is 1. The van der Waals surface area contributed by atoms with E-state index in [1.54, 1.807) is 18.2 Å². The summed E-state index contributed by atoms with van der Waals surface area (Å²) in [6.07, 6.45) is 0.843. The van der Waals surface area contributed by atoms with Gasteiger partial charge in [0, 0.05) is 18.7 Å². The number of carbonyl (C=O) groups is 2. The summed E-state index contributed by atoms with van der Waals surface area (Å²) in [5.74, 6) is -1.59. The van der Waals surface area contributed by atoms with Crippen LogP contribution in [0.3, 0.4) is 0 Å². The number of nitrogens with zero attached hydrogens (tertiary/aromatic N) is 2. The largest absolute Gasteiger partial charge is 0.507 e. The number of halogens is 1. The highest BCUT2D eigenvalue weighted by Gasteiger charge is 2.46. The van der Waals surface area contributed by atoms with Crippen molar-refractivity contribution in [3.05, 3.63) is 71.0 Å². The Morgan fingerprint density at radius 2 is 1.87 bits per heavy atom. The maximum atomic E-state index is 13.3. The molecule has 1 saturated heterocycles. The van der Waals surface area contributed by atoms with Crippen LogP contribution in [-0.4, -0.2) is 60.4 Å². The van der Waals surface area contributed by atoms with Gasteiger partial charge in [-0.2, -0.15) is 0 Å². The van der Waals surface area contributed by atoms with Crippen molar-refractivity contribution in [3.63, 3.8) is 0 Å². The lowest BCUT2D eigenvalue weighted by Gasteiger charge is -2.27. The van der Waals surface area contributed by atoms with E-state index >= 15 is 0 Å². The fraction of sp³-hybridized carbons (Fsp3) is 0.333. The van der Waals surface area contributed by atoms with Gasteiger partial charge in [0.2, 0.25) is 0 Å². The predicted octanol–water partition coefficient (Wildman–Crippen LogP) is 3.60. The van der Waals surface area contributed by atoms with Crippen molar-refractivity contribution in [1.29, 1.82) is 0 Å². The van der Waals surface area contributed by atoms with Crippen molar-refractivity contribution in [2.24, 2.45) is 0 Å². The van der Waals surface area contributed by atoms with Gasteiger partial charge in [-0.05, 0) is 62.5 Å². The van der Waals surface area contributed by atoms with E-state index in [-0.39, 0.29) is 16.9 Å². The Kier molecular flexibility index (Phi) is 7.07. The van der Waals surface area contributed by atoms with Gasteiger partial charge in [0.1, 0.15) is 17.3 Å². The molecular formula is C24H27FN2O4. The first-order chi connectivity index (χ1) is 14.8. The van der Waals surface area contributed by atoms with Crippen LogP contribution in [0.2, 0.25) is 0 Å². The monoisotopic (exact) mass is 426 g/mol. The molecule has 0 bridgehead atoms.